The SMILES string of the molecule is CCOCCN(C)S(=O)(=O)c1c(C)nn(CCCO)c1C. The predicted octanol–water partition coefficient (Wildman–Crippen LogP) is 0.539. The molecule has 122 valence electrons. The fourth-order valence-corrected chi connectivity index (χ4v) is 3.62. The van der Waals surface area contributed by atoms with Crippen LogP contribution < -0.4 is 0 Å². The molecule has 0 aliphatic heterocycles. The Kier molecular flexibility index (Phi) is 6.79. The van der Waals surface area contributed by atoms with Crippen LogP contribution in [0.1, 0.15) is 24.7 Å². The Labute approximate surface area is 126 Å². The molecule has 0 radical (unpaired) electrons. The lowest BCUT2D eigenvalue weighted by Crippen LogP contribution is -2.31. The molecule has 21 heavy (non-hydrogen) atoms. The summed E-state index contributed by atoms with van der Waals surface area (Å²) >= 11 is 0. The zero-order valence-corrected chi connectivity index (χ0v) is 14.0. The van der Waals surface area contributed by atoms with E-state index in [1.165, 1.54) is 11.4 Å². The van der Waals surface area contributed by atoms with Crippen LogP contribution in [0.4, 0.5) is 0 Å². The molecule has 0 saturated carbocycles. The number of rotatable bonds is 9. The molecule has 1 rings (SSSR count). The zero-order chi connectivity index (χ0) is 16.0. The van der Waals surface area contributed by atoms with Gasteiger partial charge in [-0.25, -0.2) is 8.42 Å². The third kappa shape index (κ3) is 4.26. The number of likely N-dealkylation sites (N-methyl/N-ethyl adjacent to an activating group) is 1. The topological polar surface area (TPSA) is 84.7 Å². The Morgan fingerprint density at radius 2 is 2.05 bits per heavy atom. The number of aliphatic hydroxyl groups is 1. The summed E-state index contributed by atoms with van der Waals surface area (Å²) in [6, 6.07) is 0. The third-order valence-corrected chi connectivity index (χ3v) is 5.38. The highest BCUT2D eigenvalue weighted by molar-refractivity contribution is 7.89. The van der Waals surface area contributed by atoms with Gasteiger partial charge in [0.05, 0.1) is 18.0 Å². The summed E-state index contributed by atoms with van der Waals surface area (Å²) in [5, 5.41) is 13.1. The molecule has 0 amide bonds. The molecule has 0 aliphatic rings. The van der Waals surface area contributed by atoms with E-state index in [4.69, 9.17) is 9.84 Å². The minimum atomic E-state index is -3.58. The number of aryl methyl sites for hydroxylation is 2. The molecule has 1 aromatic heterocycles. The Hall–Kier alpha value is -0.960. The molecule has 0 fully saturated rings. The molecule has 0 bridgehead atoms. The first-order valence-electron chi connectivity index (χ1n) is 7.05. The molecule has 0 aliphatic carbocycles. The molecule has 1 aromatic rings. The van der Waals surface area contributed by atoms with Gasteiger partial charge in [0, 0.05) is 33.4 Å². The maximum atomic E-state index is 12.6. The van der Waals surface area contributed by atoms with E-state index in [1.54, 1.807) is 18.5 Å². The number of ether oxygens (including phenoxy) is 1. The van der Waals surface area contributed by atoms with Crippen molar-refractivity contribution >= 4 is 10.0 Å². The van der Waals surface area contributed by atoms with Gasteiger partial charge in [-0.15, -0.1) is 0 Å². The lowest BCUT2D eigenvalue weighted by atomic mass is 10.4. The van der Waals surface area contributed by atoms with E-state index >= 15 is 0 Å². The summed E-state index contributed by atoms with van der Waals surface area (Å²) in [5.41, 5.74) is 1.08. The first kappa shape index (κ1) is 18.1. The molecule has 1 heterocycles. The highest BCUT2D eigenvalue weighted by Crippen LogP contribution is 2.22. The highest BCUT2D eigenvalue weighted by atomic mass is 32.2. The lowest BCUT2D eigenvalue weighted by molar-refractivity contribution is 0.138. The number of hydrogen-bond donors (Lipinski definition) is 1. The number of aromatic nitrogens is 2. The highest BCUT2D eigenvalue weighted by Gasteiger charge is 2.28. The van der Waals surface area contributed by atoms with Crippen LogP contribution in [-0.2, 0) is 21.3 Å². The van der Waals surface area contributed by atoms with Crippen LogP contribution in [0.2, 0.25) is 0 Å². The maximum Gasteiger partial charge on any atom is 0.246 e. The smallest absolute Gasteiger partial charge is 0.246 e. The average molecular weight is 319 g/mol. The van der Waals surface area contributed by atoms with Gasteiger partial charge in [0.2, 0.25) is 10.0 Å². The molecule has 0 aromatic carbocycles. The van der Waals surface area contributed by atoms with E-state index in [2.05, 4.69) is 5.10 Å². The van der Waals surface area contributed by atoms with Crippen LogP contribution in [0.25, 0.3) is 0 Å². The summed E-state index contributed by atoms with van der Waals surface area (Å²) in [7, 11) is -2.04. The van der Waals surface area contributed by atoms with Crippen LogP contribution >= 0.6 is 0 Å². The van der Waals surface area contributed by atoms with Crippen molar-refractivity contribution in [3.63, 3.8) is 0 Å². The minimum Gasteiger partial charge on any atom is -0.396 e. The molecule has 7 nitrogen and oxygen atoms in total. The third-order valence-electron chi connectivity index (χ3n) is 3.27. The van der Waals surface area contributed by atoms with Crippen LogP contribution in [0.15, 0.2) is 4.90 Å². The van der Waals surface area contributed by atoms with Gasteiger partial charge >= 0.3 is 0 Å². The van der Waals surface area contributed by atoms with Crippen LogP contribution in [0, 0.1) is 13.8 Å². The number of nitrogens with zero attached hydrogens (tertiary/aromatic N) is 3. The molecular formula is C13H25N3O4S. The lowest BCUT2D eigenvalue weighted by Gasteiger charge is -2.17. The van der Waals surface area contributed by atoms with Crippen LogP contribution in [-0.4, -0.2) is 61.0 Å². The van der Waals surface area contributed by atoms with Crippen molar-refractivity contribution in [3.8, 4) is 0 Å². The second-order valence-electron chi connectivity index (χ2n) is 4.82. The molecule has 0 atom stereocenters. The summed E-state index contributed by atoms with van der Waals surface area (Å²) in [6.07, 6.45) is 0.543. The van der Waals surface area contributed by atoms with Crippen molar-refractivity contribution in [1.82, 2.24) is 14.1 Å². The molecule has 0 saturated heterocycles. The van der Waals surface area contributed by atoms with Crippen molar-refractivity contribution < 1.29 is 18.3 Å². The Bertz CT molecular complexity index is 554. The van der Waals surface area contributed by atoms with Crippen LogP contribution in [0.5, 0.6) is 0 Å². The monoisotopic (exact) mass is 319 g/mol. The maximum absolute atomic E-state index is 12.6. The van der Waals surface area contributed by atoms with Crippen LogP contribution in [0.3, 0.4) is 0 Å². The quantitative estimate of drug-likeness (QED) is 0.672. The van der Waals surface area contributed by atoms with Gasteiger partial charge in [0.15, 0.2) is 0 Å². The normalized spacial score (nSPS) is 12.3. The van der Waals surface area contributed by atoms with Crippen molar-refractivity contribution in [2.75, 3.05) is 33.4 Å². The second kappa shape index (κ2) is 7.88. The van der Waals surface area contributed by atoms with Gasteiger partial charge in [-0.05, 0) is 27.2 Å². The van der Waals surface area contributed by atoms with Gasteiger partial charge in [0.25, 0.3) is 0 Å². The number of sulfonamides is 1. The minimum absolute atomic E-state index is 0.0503. The first-order valence-corrected chi connectivity index (χ1v) is 8.49. The standard InChI is InChI=1S/C13H25N3O4S/c1-5-20-10-8-15(4)21(18,19)13-11(2)14-16(12(13)3)7-6-9-17/h17H,5-10H2,1-4H3. The average Bonchev–Trinajstić information content (AvgIpc) is 2.71. The second-order valence-corrected chi connectivity index (χ2v) is 6.81. The summed E-state index contributed by atoms with van der Waals surface area (Å²) in [4.78, 5) is 0.249. The Morgan fingerprint density at radius 1 is 1.38 bits per heavy atom. The van der Waals surface area contributed by atoms with Gasteiger partial charge < -0.3 is 9.84 Å². The van der Waals surface area contributed by atoms with E-state index in [0.717, 1.165) is 0 Å². The predicted molar refractivity (Wildman–Crippen MR) is 79.7 cm³/mol. The first-order chi connectivity index (χ1) is 9.86. The van der Waals surface area contributed by atoms with E-state index in [1.807, 2.05) is 6.92 Å². The van der Waals surface area contributed by atoms with E-state index in [9.17, 15) is 8.42 Å². The molecule has 0 unspecified atom stereocenters. The Balaban J connectivity index is 2.99. The van der Waals surface area contributed by atoms with Crippen molar-refractivity contribution in [1.29, 1.82) is 0 Å². The number of hydrogen-bond acceptors (Lipinski definition) is 5. The van der Waals surface area contributed by atoms with E-state index in [-0.39, 0.29) is 11.5 Å². The van der Waals surface area contributed by atoms with Crippen molar-refractivity contribution in [2.24, 2.45) is 0 Å². The van der Waals surface area contributed by atoms with E-state index in [0.29, 0.717) is 44.1 Å². The molecule has 1 N–H and O–H groups in total. The van der Waals surface area contributed by atoms with Crippen molar-refractivity contribution in [3.05, 3.63) is 11.4 Å². The molecule has 0 spiro atoms. The van der Waals surface area contributed by atoms with Gasteiger partial charge in [-0.1, -0.05) is 0 Å². The van der Waals surface area contributed by atoms with Gasteiger partial charge in [0.1, 0.15) is 4.90 Å². The van der Waals surface area contributed by atoms with Gasteiger partial charge in [-0.2, -0.15) is 9.40 Å². The molecular weight excluding hydrogens is 294 g/mol. The summed E-state index contributed by atoms with van der Waals surface area (Å²) < 4.78 is 33.4. The molecule has 8 heteroatoms. The largest absolute Gasteiger partial charge is 0.396 e. The Morgan fingerprint density at radius 3 is 2.62 bits per heavy atom. The summed E-state index contributed by atoms with van der Waals surface area (Å²) in [5.74, 6) is 0. The zero-order valence-electron chi connectivity index (χ0n) is 13.2. The van der Waals surface area contributed by atoms with Crippen molar-refractivity contribution in [2.45, 2.75) is 38.6 Å². The van der Waals surface area contributed by atoms with E-state index < -0.39 is 10.0 Å². The fraction of sp³-hybridized carbons (Fsp3) is 0.769. The number of aliphatic hydroxyl groups excluding tert-OH is 1. The fourth-order valence-electron chi connectivity index (χ4n) is 2.11. The van der Waals surface area contributed by atoms with Gasteiger partial charge in [-0.3, -0.25) is 4.68 Å². The summed E-state index contributed by atoms with van der Waals surface area (Å²) in [6.45, 7) is 7.07.